The summed E-state index contributed by atoms with van der Waals surface area (Å²) in [5, 5.41) is 11.2. The van der Waals surface area contributed by atoms with E-state index < -0.39 is 0 Å². The summed E-state index contributed by atoms with van der Waals surface area (Å²) in [5.41, 5.74) is 3.70. The predicted octanol–water partition coefficient (Wildman–Crippen LogP) is 2.74. The van der Waals surface area contributed by atoms with Crippen molar-refractivity contribution in [3.8, 4) is 16.9 Å². The van der Waals surface area contributed by atoms with Gasteiger partial charge in [-0.3, -0.25) is 0 Å². The first-order chi connectivity index (χ1) is 10.3. The highest BCUT2D eigenvalue weighted by Crippen LogP contribution is 2.24. The highest BCUT2D eigenvalue weighted by molar-refractivity contribution is 9.10. The van der Waals surface area contributed by atoms with Crippen LogP contribution in [0.15, 0.2) is 59.6 Å². The predicted molar refractivity (Wildman–Crippen MR) is 81.0 cm³/mol. The Morgan fingerprint density at radius 2 is 2.05 bits per heavy atom. The summed E-state index contributed by atoms with van der Waals surface area (Å²) in [6, 6.07) is 11.9. The maximum Gasteiger partial charge on any atom is 0.151 e. The standard InChI is InChI=1S/C14H9BrN6/c15-12-5-2-6-20-8-13(17-14(12)20)10-3-1-4-11(7-10)21-9-16-18-19-21/h1-9H. The molecule has 0 spiro atoms. The number of aromatic nitrogens is 6. The van der Waals surface area contributed by atoms with Gasteiger partial charge in [0.15, 0.2) is 5.65 Å². The van der Waals surface area contributed by atoms with Crippen LogP contribution in [-0.4, -0.2) is 29.6 Å². The Morgan fingerprint density at radius 1 is 1.10 bits per heavy atom. The topological polar surface area (TPSA) is 60.9 Å². The molecule has 0 aliphatic heterocycles. The van der Waals surface area contributed by atoms with Gasteiger partial charge in [0, 0.05) is 18.0 Å². The molecule has 4 aromatic rings. The molecule has 21 heavy (non-hydrogen) atoms. The summed E-state index contributed by atoms with van der Waals surface area (Å²) in [5.74, 6) is 0. The van der Waals surface area contributed by atoms with Gasteiger partial charge in [-0.25, -0.2) is 9.67 Å². The molecule has 0 radical (unpaired) electrons. The summed E-state index contributed by atoms with van der Waals surface area (Å²) < 4.78 is 4.58. The van der Waals surface area contributed by atoms with E-state index in [1.165, 1.54) is 0 Å². The Labute approximate surface area is 128 Å². The van der Waals surface area contributed by atoms with E-state index in [1.807, 2.05) is 53.2 Å². The lowest BCUT2D eigenvalue weighted by molar-refractivity contribution is 0.789. The molecule has 1 aromatic carbocycles. The highest BCUT2D eigenvalue weighted by atomic mass is 79.9. The molecule has 4 rings (SSSR count). The molecule has 3 aromatic heterocycles. The van der Waals surface area contributed by atoms with Crippen LogP contribution in [0, 0.1) is 0 Å². The smallest absolute Gasteiger partial charge is 0.151 e. The van der Waals surface area contributed by atoms with Crippen molar-refractivity contribution in [1.82, 2.24) is 29.6 Å². The summed E-state index contributed by atoms with van der Waals surface area (Å²) >= 11 is 3.51. The van der Waals surface area contributed by atoms with Gasteiger partial charge in [-0.1, -0.05) is 12.1 Å². The molecule has 102 valence electrons. The molecule has 7 heteroatoms. The summed E-state index contributed by atoms with van der Waals surface area (Å²) in [6.45, 7) is 0. The minimum atomic E-state index is 0.889. The van der Waals surface area contributed by atoms with Crippen molar-refractivity contribution in [3.05, 3.63) is 59.6 Å². The van der Waals surface area contributed by atoms with Crippen molar-refractivity contribution >= 4 is 21.6 Å². The molecule has 0 N–H and O–H groups in total. The van der Waals surface area contributed by atoms with Crippen LogP contribution in [0.1, 0.15) is 0 Å². The first-order valence-corrected chi connectivity index (χ1v) is 7.07. The number of hydrogen-bond donors (Lipinski definition) is 0. The average Bonchev–Trinajstić information content (AvgIpc) is 3.18. The quantitative estimate of drug-likeness (QED) is 0.563. The van der Waals surface area contributed by atoms with Gasteiger partial charge in [-0.15, -0.1) is 5.10 Å². The van der Waals surface area contributed by atoms with Gasteiger partial charge in [0.25, 0.3) is 0 Å². The van der Waals surface area contributed by atoms with Crippen LogP contribution in [0.5, 0.6) is 0 Å². The molecule has 0 bridgehead atoms. The van der Waals surface area contributed by atoms with Crippen molar-refractivity contribution in [1.29, 1.82) is 0 Å². The lowest BCUT2D eigenvalue weighted by atomic mass is 10.1. The first kappa shape index (κ1) is 12.2. The van der Waals surface area contributed by atoms with Crippen LogP contribution < -0.4 is 0 Å². The fourth-order valence-corrected chi connectivity index (χ4v) is 2.65. The van der Waals surface area contributed by atoms with Crippen LogP contribution in [0.2, 0.25) is 0 Å². The molecule has 6 nitrogen and oxygen atoms in total. The van der Waals surface area contributed by atoms with E-state index in [0.717, 1.165) is 27.1 Å². The Bertz CT molecular complexity index is 912. The molecule has 0 aliphatic carbocycles. The molecule has 0 aliphatic rings. The summed E-state index contributed by atoms with van der Waals surface area (Å²) in [6.07, 6.45) is 5.54. The normalized spacial score (nSPS) is 11.1. The molecule has 0 fully saturated rings. The van der Waals surface area contributed by atoms with Crippen molar-refractivity contribution in [3.63, 3.8) is 0 Å². The molecule has 0 atom stereocenters. The second-order valence-corrected chi connectivity index (χ2v) is 5.37. The largest absolute Gasteiger partial charge is 0.306 e. The molecular formula is C14H9BrN6. The zero-order chi connectivity index (χ0) is 14.2. The number of benzene rings is 1. The van der Waals surface area contributed by atoms with Crippen molar-refractivity contribution in [2.45, 2.75) is 0 Å². The van der Waals surface area contributed by atoms with Gasteiger partial charge in [-0.2, -0.15) is 0 Å². The molecular weight excluding hydrogens is 332 g/mol. The number of tetrazole rings is 1. The fourth-order valence-electron chi connectivity index (χ4n) is 2.21. The van der Waals surface area contributed by atoms with Crippen LogP contribution in [0.3, 0.4) is 0 Å². The van der Waals surface area contributed by atoms with Gasteiger partial charge < -0.3 is 4.40 Å². The number of fused-ring (bicyclic) bond motifs is 1. The average molecular weight is 341 g/mol. The zero-order valence-electron chi connectivity index (χ0n) is 10.8. The first-order valence-electron chi connectivity index (χ1n) is 6.28. The third-order valence-corrected chi connectivity index (χ3v) is 3.81. The van der Waals surface area contributed by atoms with Crippen molar-refractivity contribution < 1.29 is 0 Å². The van der Waals surface area contributed by atoms with E-state index in [1.54, 1.807) is 11.0 Å². The van der Waals surface area contributed by atoms with Crippen LogP contribution in [0.4, 0.5) is 0 Å². The van der Waals surface area contributed by atoms with Gasteiger partial charge in [-0.05, 0) is 50.6 Å². The minimum absolute atomic E-state index is 0.889. The number of hydrogen-bond acceptors (Lipinski definition) is 4. The zero-order valence-corrected chi connectivity index (χ0v) is 12.3. The summed E-state index contributed by atoms with van der Waals surface area (Å²) in [7, 11) is 0. The Hall–Kier alpha value is -2.54. The molecule has 3 heterocycles. The minimum Gasteiger partial charge on any atom is -0.306 e. The number of imidazole rings is 1. The van der Waals surface area contributed by atoms with Gasteiger partial charge in [0.05, 0.1) is 15.9 Å². The fraction of sp³-hybridized carbons (Fsp3) is 0. The Kier molecular flexibility index (Phi) is 2.78. The van der Waals surface area contributed by atoms with E-state index in [0.29, 0.717) is 0 Å². The van der Waals surface area contributed by atoms with Crippen LogP contribution in [-0.2, 0) is 0 Å². The second kappa shape index (κ2) is 4.78. The number of pyridine rings is 1. The van der Waals surface area contributed by atoms with Crippen LogP contribution >= 0.6 is 15.9 Å². The molecule has 0 unspecified atom stereocenters. The summed E-state index contributed by atoms with van der Waals surface area (Å²) in [4.78, 5) is 4.66. The SMILES string of the molecule is Brc1cccn2cc(-c3cccc(-n4cnnn4)c3)nc12. The Balaban J connectivity index is 1.85. The second-order valence-electron chi connectivity index (χ2n) is 4.52. The Morgan fingerprint density at radius 3 is 2.86 bits per heavy atom. The maximum absolute atomic E-state index is 4.66. The lowest BCUT2D eigenvalue weighted by Gasteiger charge is -2.01. The number of halogens is 1. The van der Waals surface area contributed by atoms with Gasteiger partial charge in [0.1, 0.15) is 6.33 Å². The van der Waals surface area contributed by atoms with Crippen LogP contribution in [0.25, 0.3) is 22.6 Å². The lowest BCUT2D eigenvalue weighted by Crippen LogP contribution is -1.95. The highest BCUT2D eigenvalue weighted by Gasteiger charge is 2.08. The monoisotopic (exact) mass is 340 g/mol. The van der Waals surface area contributed by atoms with Crippen molar-refractivity contribution in [2.24, 2.45) is 0 Å². The van der Waals surface area contributed by atoms with Gasteiger partial charge >= 0.3 is 0 Å². The van der Waals surface area contributed by atoms with E-state index >= 15 is 0 Å². The van der Waals surface area contributed by atoms with E-state index in [9.17, 15) is 0 Å². The molecule has 0 saturated carbocycles. The van der Waals surface area contributed by atoms with E-state index in [-0.39, 0.29) is 0 Å². The number of rotatable bonds is 2. The number of nitrogens with zero attached hydrogens (tertiary/aromatic N) is 6. The van der Waals surface area contributed by atoms with Crippen molar-refractivity contribution in [2.75, 3.05) is 0 Å². The third kappa shape index (κ3) is 2.11. The third-order valence-electron chi connectivity index (χ3n) is 3.19. The van der Waals surface area contributed by atoms with E-state index in [2.05, 4.69) is 36.4 Å². The maximum atomic E-state index is 4.66. The van der Waals surface area contributed by atoms with E-state index in [4.69, 9.17) is 0 Å². The van der Waals surface area contributed by atoms with Gasteiger partial charge in [0.2, 0.25) is 0 Å². The molecule has 0 amide bonds. The molecule has 0 saturated heterocycles.